The second-order valence-electron chi connectivity index (χ2n) is 5.19. The summed E-state index contributed by atoms with van der Waals surface area (Å²) in [6.07, 6.45) is 1.41. The van der Waals surface area contributed by atoms with Gasteiger partial charge in [-0.25, -0.2) is 0 Å². The lowest BCUT2D eigenvalue weighted by Crippen LogP contribution is -2.33. The Labute approximate surface area is 84.0 Å². The fourth-order valence-electron chi connectivity index (χ4n) is 3.95. The molecule has 0 aromatic carbocycles. The van der Waals surface area contributed by atoms with Gasteiger partial charge >= 0.3 is 0 Å². The first-order valence-corrected chi connectivity index (χ1v) is 5.49. The van der Waals surface area contributed by atoms with E-state index in [-0.39, 0.29) is 23.9 Å². The quantitative estimate of drug-likeness (QED) is 0.591. The van der Waals surface area contributed by atoms with E-state index < -0.39 is 0 Å². The molecule has 2 fully saturated rings. The van der Waals surface area contributed by atoms with E-state index in [1.54, 1.807) is 0 Å². The van der Waals surface area contributed by atoms with Gasteiger partial charge in [0.05, 0.1) is 6.10 Å². The van der Waals surface area contributed by atoms with Crippen molar-refractivity contribution in [3.63, 3.8) is 0 Å². The lowest BCUT2D eigenvalue weighted by atomic mass is 9.75. The van der Waals surface area contributed by atoms with Gasteiger partial charge in [-0.2, -0.15) is 0 Å². The van der Waals surface area contributed by atoms with E-state index in [9.17, 15) is 9.90 Å². The van der Waals surface area contributed by atoms with E-state index in [1.165, 1.54) is 11.1 Å². The van der Waals surface area contributed by atoms with Gasteiger partial charge in [-0.3, -0.25) is 4.79 Å². The first-order valence-electron chi connectivity index (χ1n) is 5.49. The topological polar surface area (TPSA) is 37.3 Å². The molecular weight excluding hydrogens is 176 g/mol. The number of aliphatic hydroxyl groups is 1. The predicted octanol–water partition coefficient (Wildman–Crippen LogP) is 1.54. The largest absolute Gasteiger partial charge is 0.393 e. The van der Waals surface area contributed by atoms with Crippen LogP contribution in [0.1, 0.15) is 26.7 Å². The fourth-order valence-corrected chi connectivity index (χ4v) is 3.95. The molecule has 0 aromatic heterocycles. The van der Waals surface area contributed by atoms with Crippen LogP contribution < -0.4 is 0 Å². The second kappa shape index (κ2) is 2.48. The number of Topliss-reactive ketones (excluding diaryl/α,β-unsaturated/α-hetero) is 1. The maximum Gasteiger partial charge on any atom is 0.140 e. The van der Waals surface area contributed by atoms with Gasteiger partial charge in [-0.15, -0.1) is 0 Å². The van der Waals surface area contributed by atoms with Crippen molar-refractivity contribution < 1.29 is 9.90 Å². The highest BCUT2D eigenvalue weighted by molar-refractivity contribution is 5.89. The lowest BCUT2D eigenvalue weighted by Gasteiger charge is -2.30. The summed E-state index contributed by atoms with van der Waals surface area (Å²) in [4.78, 5) is 11.9. The van der Waals surface area contributed by atoms with E-state index in [2.05, 4.69) is 13.8 Å². The molecule has 2 heteroatoms. The van der Waals surface area contributed by atoms with E-state index in [4.69, 9.17) is 0 Å². The number of aliphatic hydroxyl groups excluding tert-OH is 1. The van der Waals surface area contributed by atoms with Crippen LogP contribution in [0.25, 0.3) is 0 Å². The van der Waals surface area contributed by atoms with Crippen LogP contribution in [0.4, 0.5) is 0 Å². The summed E-state index contributed by atoms with van der Waals surface area (Å²) in [5.41, 5.74) is 2.78. The molecular formula is C12H16O2. The number of allylic oxidation sites excluding steroid dienone is 2. The first-order chi connectivity index (χ1) is 6.61. The van der Waals surface area contributed by atoms with Crippen LogP contribution in [0.2, 0.25) is 0 Å². The zero-order chi connectivity index (χ0) is 10.0. The number of ketones is 1. The molecule has 14 heavy (non-hydrogen) atoms. The third kappa shape index (κ3) is 0.789. The SMILES string of the molecule is CC1=C(C)[C@H]2[C@@H]3[C@H](O)C[C@H]2C(=O)[C@@H]3C1. The minimum absolute atomic E-state index is 0.150. The molecule has 0 radical (unpaired) electrons. The minimum atomic E-state index is -0.212. The van der Waals surface area contributed by atoms with Crippen LogP contribution in [0.3, 0.4) is 0 Å². The molecule has 0 unspecified atom stereocenters. The second-order valence-corrected chi connectivity index (χ2v) is 5.19. The van der Waals surface area contributed by atoms with Crippen molar-refractivity contribution in [1.29, 1.82) is 0 Å². The van der Waals surface area contributed by atoms with Crippen molar-refractivity contribution in [1.82, 2.24) is 0 Å². The average molecular weight is 192 g/mol. The molecule has 5 atom stereocenters. The lowest BCUT2D eigenvalue weighted by molar-refractivity contribution is -0.128. The molecule has 0 saturated heterocycles. The summed E-state index contributed by atoms with van der Waals surface area (Å²) < 4.78 is 0. The van der Waals surface area contributed by atoms with Gasteiger partial charge in [-0.1, -0.05) is 11.1 Å². The smallest absolute Gasteiger partial charge is 0.140 e. The zero-order valence-electron chi connectivity index (χ0n) is 8.66. The number of rotatable bonds is 0. The van der Waals surface area contributed by atoms with Crippen LogP contribution in [-0.4, -0.2) is 17.0 Å². The molecule has 3 aliphatic rings. The third-order valence-electron chi connectivity index (χ3n) is 4.68. The molecule has 0 spiro atoms. The zero-order valence-corrected chi connectivity index (χ0v) is 8.66. The van der Waals surface area contributed by atoms with E-state index in [1.807, 2.05) is 0 Å². The molecule has 3 rings (SSSR count). The van der Waals surface area contributed by atoms with Crippen LogP contribution in [0.5, 0.6) is 0 Å². The summed E-state index contributed by atoms with van der Waals surface area (Å²) >= 11 is 0. The van der Waals surface area contributed by atoms with E-state index in [0.717, 1.165) is 12.8 Å². The predicted molar refractivity (Wildman–Crippen MR) is 52.6 cm³/mol. The molecule has 0 amide bonds. The van der Waals surface area contributed by atoms with Crippen LogP contribution in [-0.2, 0) is 4.79 Å². The van der Waals surface area contributed by atoms with Gasteiger partial charge in [0, 0.05) is 17.8 Å². The van der Waals surface area contributed by atoms with Crippen molar-refractivity contribution in [3.05, 3.63) is 11.1 Å². The molecule has 0 heterocycles. The van der Waals surface area contributed by atoms with Crippen LogP contribution >= 0.6 is 0 Å². The molecule has 76 valence electrons. The Hall–Kier alpha value is -0.630. The molecule has 0 aliphatic heterocycles. The van der Waals surface area contributed by atoms with Gasteiger partial charge in [0.25, 0.3) is 0 Å². The highest BCUT2D eigenvalue weighted by Crippen LogP contribution is 2.58. The molecule has 1 N–H and O–H groups in total. The Balaban J connectivity index is 2.11. The Morgan fingerprint density at radius 3 is 2.71 bits per heavy atom. The van der Waals surface area contributed by atoms with Crippen molar-refractivity contribution in [2.45, 2.75) is 32.8 Å². The van der Waals surface area contributed by atoms with Gasteiger partial charge in [0.1, 0.15) is 5.78 Å². The van der Waals surface area contributed by atoms with Crippen LogP contribution in [0.15, 0.2) is 11.1 Å². The van der Waals surface area contributed by atoms with Crippen LogP contribution in [0, 0.1) is 23.7 Å². The highest BCUT2D eigenvalue weighted by Gasteiger charge is 2.60. The number of carbonyl (C=O) groups excluding carboxylic acids is 1. The highest BCUT2D eigenvalue weighted by atomic mass is 16.3. The number of hydrogen-bond acceptors (Lipinski definition) is 2. The van der Waals surface area contributed by atoms with Crippen molar-refractivity contribution in [2.24, 2.45) is 23.7 Å². The monoisotopic (exact) mass is 192 g/mol. The van der Waals surface area contributed by atoms with Gasteiger partial charge < -0.3 is 5.11 Å². The summed E-state index contributed by atoms with van der Waals surface area (Å²) in [6.45, 7) is 4.28. The Morgan fingerprint density at radius 2 is 2.00 bits per heavy atom. The van der Waals surface area contributed by atoms with E-state index in [0.29, 0.717) is 11.7 Å². The van der Waals surface area contributed by atoms with Crippen molar-refractivity contribution in [3.8, 4) is 0 Å². The fraction of sp³-hybridized carbons (Fsp3) is 0.750. The average Bonchev–Trinajstić information content (AvgIpc) is 2.57. The number of hydrogen-bond donors (Lipinski definition) is 1. The normalized spacial score (nSPS) is 50.5. The minimum Gasteiger partial charge on any atom is -0.393 e. The van der Waals surface area contributed by atoms with Gasteiger partial charge in [0.15, 0.2) is 0 Å². The Morgan fingerprint density at radius 1 is 1.29 bits per heavy atom. The molecule has 2 nitrogen and oxygen atoms in total. The Kier molecular flexibility index (Phi) is 1.54. The summed E-state index contributed by atoms with van der Waals surface area (Å²) in [6, 6.07) is 0. The maximum absolute atomic E-state index is 11.9. The molecule has 2 saturated carbocycles. The summed E-state index contributed by atoms with van der Waals surface area (Å²) in [5, 5.41) is 9.87. The molecule has 3 aliphatic carbocycles. The van der Waals surface area contributed by atoms with Gasteiger partial charge in [0.2, 0.25) is 0 Å². The van der Waals surface area contributed by atoms with Crippen molar-refractivity contribution in [2.75, 3.05) is 0 Å². The first kappa shape index (κ1) is 8.66. The van der Waals surface area contributed by atoms with E-state index >= 15 is 0 Å². The Bertz CT molecular complexity index is 338. The third-order valence-corrected chi connectivity index (χ3v) is 4.68. The molecule has 0 aromatic rings. The maximum atomic E-state index is 11.9. The summed E-state index contributed by atoms with van der Waals surface area (Å²) in [7, 11) is 0. The molecule has 4 bridgehead atoms. The van der Waals surface area contributed by atoms with Crippen molar-refractivity contribution >= 4 is 5.78 Å². The number of carbonyl (C=O) groups is 1. The summed E-state index contributed by atoms with van der Waals surface area (Å²) in [5.74, 6) is 1.38. The standard InChI is InChI=1S/C12H16O2/c1-5-3-7-11-9(13)4-8(12(7)14)10(11)6(5)2/h7-11,13H,3-4H2,1-2H3/t7-,8-,9-,10-,11+/m1/s1. The van der Waals surface area contributed by atoms with Gasteiger partial charge in [-0.05, 0) is 32.6 Å².